The van der Waals surface area contributed by atoms with Crippen LogP contribution in [0.15, 0.2) is 18.7 Å². The van der Waals surface area contributed by atoms with Crippen molar-refractivity contribution in [3.63, 3.8) is 0 Å². The van der Waals surface area contributed by atoms with Gasteiger partial charge in [-0.2, -0.15) is 0 Å². The minimum atomic E-state index is 0.289. The Morgan fingerprint density at radius 1 is 1.24 bits per heavy atom. The topological polar surface area (TPSA) is 38.1 Å². The number of rotatable bonds is 8. The molecule has 0 saturated carbocycles. The number of aryl methyl sites for hydroxylation is 1. The van der Waals surface area contributed by atoms with Crippen molar-refractivity contribution in [1.82, 2.24) is 14.5 Å². The summed E-state index contributed by atoms with van der Waals surface area (Å²) < 4.78 is 2.08. The number of aromatic nitrogens is 2. The van der Waals surface area contributed by atoms with Crippen molar-refractivity contribution in [3.8, 4) is 0 Å². The maximum Gasteiger partial charge on any atom is 0.222 e. The first-order valence-electron chi connectivity index (χ1n) is 6.51. The highest BCUT2D eigenvalue weighted by atomic mass is 16.2. The Labute approximate surface area is 104 Å². The molecule has 4 heteroatoms. The van der Waals surface area contributed by atoms with Gasteiger partial charge in [-0.1, -0.05) is 6.42 Å². The van der Waals surface area contributed by atoms with Gasteiger partial charge in [0.15, 0.2) is 0 Å². The lowest BCUT2D eigenvalue weighted by atomic mass is 10.2. The lowest BCUT2D eigenvalue weighted by Crippen LogP contribution is -2.30. The minimum Gasteiger partial charge on any atom is -0.343 e. The quantitative estimate of drug-likeness (QED) is 0.651. The molecule has 96 valence electrons. The van der Waals surface area contributed by atoms with Gasteiger partial charge >= 0.3 is 0 Å². The third-order valence-corrected chi connectivity index (χ3v) is 2.98. The number of nitrogens with zero attached hydrogens (tertiary/aromatic N) is 3. The maximum absolute atomic E-state index is 11.7. The van der Waals surface area contributed by atoms with Gasteiger partial charge in [-0.25, -0.2) is 4.98 Å². The van der Waals surface area contributed by atoms with E-state index in [0.717, 1.165) is 38.9 Å². The molecule has 0 fully saturated rings. The van der Waals surface area contributed by atoms with Crippen LogP contribution < -0.4 is 0 Å². The lowest BCUT2D eigenvalue weighted by Gasteiger charge is -2.18. The molecule has 0 unspecified atom stereocenters. The standard InChI is InChI=1S/C13H23N3O/c1-3-16(4-2)13(17)8-6-5-7-10-15-11-9-14-12-15/h9,11-12H,3-8,10H2,1-2H3. The van der Waals surface area contributed by atoms with Crippen LogP contribution >= 0.6 is 0 Å². The number of carbonyl (C=O) groups excluding carboxylic acids is 1. The Kier molecular flexibility index (Phi) is 6.37. The van der Waals surface area contributed by atoms with Gasteiger partial charge in [-0.05, 0) is 26.7 Å². The zero-order chi connectivity index (χ0) is 12.5. The van der Waals surface area contributed by atoms with Crippen LogP contribution in [0.5, 0.6) is 0 Å². The third-order valence-electron chi connectivity index (χ3n) is 2.98. The fraction of sp³-hybridized carbons (Fsp3) is 0.692. The van der Waals surface area contributed by atoms with E-state index in [0.29, 0.717) is 6.42 Å². The van der Waals surface area contributed by atoms with Crippen LogP contribution in [0, 0.1) is 0 Å². The minimum absolute atomic E-state index is 0.289. The Balaban J connectivity index is 2.05. The van der Waals surface area contributed by atoms with E-state index in [1.54, 1.807) is 6.20 Å². The number of amides is 1. The Bertz CT molecular complexity index is 304. The van der Waals surface area contributed by atoms with Crippen molar-refractivity contribution in [3.05, 3.63) is 18.7 Å². The van der Waals surface area contributed by atoms with Crippen LogP contribution in [0.3, 0.4) is 0 Å². The molecule has 17 heavy (non-hydrogen) atoms. The average molecular weight is 237 g/mol. The summed E-state index contributed by atoms with van der Waals surface area (Å²) in [6.07, 6.45) is 9.49. The highest BCUT2D eigenvalue weighted by Gasteiger charge is 2.07. The molecule has 0 saturated heterocycles. The van der Waals surface area contributed by atoms with E-state index in [1.807, 2.05) is 31.3 Å². The summed E-state index contributed by atoms with van der Waals surface area (Å²) in [5.41, 5.74) is 0. The van der Waals surface area contributed by atoms with Gasteiger partial charge in [0, 0.05) is 38.4 Å². The lowest BCUT2D eigenvalue weighted by molar-refractivity contribution is -0.130. The Hall–Kier alpha value is -1.32. The van der Waals surface area contributed by atoms with Crippen molar-refractivity contribution in [2.75, 3.05) is 13.1 Å². The normalized spacial score (nSPS) is 10.5. The molecule has 0 aliphatic carbocycles. The molecule has 0 atom stereocenters. The number of hydrogen-bond acceptors (Lipinski definition) is 2. The van der Waals surface area contributed by atoms with Crippen LogP contribution in [-0.2, 0) is 11.3 Å². The second-order valence-electron chi connectivity index (χ2n) is 4.18. The van der Waals surface area contributed by atoms with Gasteiger partial charge in [0.2, 0.25) is 5.91 Å². The molecule has 1 amide bonds. The van der Waals surface area contributed by atoms with E-state index in [4.69, 9.17) is 0 Å². The molecular formula is C13H23N3O. The number of unbranched alkanes of at least 4 members (excludes halogenated alkanes) is 2. The molecule has 1 heterocycles. The first-order chi connectivity index (χ1) is 8.27. The predicted molar refractivity (Wildman–Crippen MR) is 68.6 cm³/mol. The molecule has 0 aliphatic rings. The summed E-state index contributed by atoms with van der Waals surface area (Å²) >= 11 is 0. The predicted octanol–water partition coefficient (Wildman–Crippen LogP) is 2.31. The zero-order valence-electron chi connectivity index (χ0n) is 10.9. The van der Waals surface area contributed by atoms with E-state index in [9.17, 15) is 4.79 Å². The molecule has 0 radical (unpaired) electrons. The molecule has 4 nitrogen and oxygen atoms in total. The Morgan fingerprint density at radius 3 is 2.59 bits per heavy atom. The zero-order valence-corrected chi connectivity index (χ0v) is 10.9. The van der Waals surface area contributed by atoms with E-state index in [-0.39, 0.29) is 5.91 Å². The highest BCUT2D eigenvalue weighted by molar-refractivity contribution is 5.75. The molecule has 0 N–H and O–H groups in total. The third kappa shape index (κ3) is 5.02. The number of carbonyl (C=O) groups is 1. The molecule has 0 aliphatic heterocycles. The largest absolute Gasteiger partial charge is 0.343 e. The van der Waals surface area contributed by atoms with Crippen molar-refractivity contribution in [2.24, 2.45) is 0 Å². The van der Waals surface area contributed by atoms with E-state index >= 15 is 0 Å². The summed E-state index contributed by atoms with van der Waals surface area (Å²) in [7, 11) is 0. The van der Waals surface area contributed by atoms with E-state index in [2.05, 4.69) is 9.55 Å². The van der Waals surface area contributed by atoms with Gasteiger partial charge in [0.05, 0.1) is 6.33 Å². The van der Waals surface area contributed by atoms with Crippen molar-refractivity contribution in [1.29, 1.82) is 0 Å². The molecule has 1 aromatic heterocycles. The summed E-state index contributed by atoms with van der Waals surface area (Å²) in [5, 5.41) is 0. The summed E-state index contributed by atoms with van der Waals surface area (Å²) in [6, 6.07) is 0. The van der Waals surface area contributed by atoms with Gasteiger partial charge in [0.25, 0.3) is 0 Å². The first kappa shape index (κ1) is 13.7. The summed E-state index contributed by atoms with van der Waals surface area (Å²) in [4.78, 5) is 17.6. The molecule has 0 bridgehead atoms. The van der Waals surface area contributed by atoms with Gasteiger partial charge < -0.3 is 9.47 Å². The second-order valence-corrected chi connectivity index (χ2v) is 4.18. The van der Waals surface area contributed by atoms with Crippen LogP contribution in [0.25, 0.3) is 0 Å². The van der Waals surface area contributed by atoms with Gasteiger partial charge in [0.1, 0.15) is 0 Å². The molecule has 1 rings (SSSR count). The first-order valence-corrected chi connectivity index (χ1v) is 6.51. The van der Waals surface area contributed by atoms with Crippen LogP contribution in [-0.4, -0.2) is 33.4 Å². The monoisotopic (exact) mass is 237 g/mol. The fourth-order valence-electron chi connectivity index (χ4n) is 1.90. The number of imidazole rings is 1. The van der Waals surface area contributed by atoms with Crippen molar-refractivity contribution >= 4 is 5.91 Å². The molecule has 0 aromatic carbocycles. The fourth-order valence-corrected chi connectivity index (χ4v) is 1.90. The van der Waals surface area contributed by atoms with E-state index in [1.165, 1.54) is 0 Å². The Morgan fingerprint density at radius 2 is 2.00 bits per heavy atom. The summed E-state index contributed by atoms with van der Waals surface area (Å²) in [6.45, 7) is 6.70. The van der Waals surface area contributed by atoms with Crippen molar-refractivity contribution in [2.45, 2.75) is 46.1 Å². The van der Waals surface area contributed by atoms with Gasteiger partial charge in [-0.3, -0.25) is 4.79 Å². The SMILES string of the molecule is CCN(CC)C(=O)CCCCCn1ccnc1. The molecule has 0 spiro atoms. The number of hydrogen-bond donors (Lipinski definition) is 0. The van der Waals surface area contributed by atoms with Gasteiger partial charge in [-0.15, -0.1) is 0 Å². The van der Waals surface area contributed by atoms with Crippen LogP contribution in [0.1, 0.15) is 39.5 Å². The van der Waals surface area contributed by atoms with E-state index < -0.39 is 0 Å². The van der Waals surface area contributed by atoms with Crippen molar-refractivity contribution < 1.29 is 4.79 Å². The second kappa shape index (κ2) is 7.87. The highest BCUT2D eigenvalue weighted by Crippen LogP contribution is 2.05. The van der Waals surface area contributed by atoms with Crippen LogP contribution in [0.4, 0.5) is 0 Å². The smallest absolute Gasteiger partial charge is 0.222 e. The molecular weight excluding hydrogens is 214 g/mol. The summed E-state index contributed by atoms with van der Waals surface area (Å²) in [5.74, 6) is 0.289. The average Bonchev–Trinajstić information content (AvgIpc) is 2.83. The molecule has 1 aromatic rings. The maximum atomic E-state index is 11.7. The van der Waals surface area contributed by atoms with Crippen LogP contribution in [0.2, 0.25) is 0 Å².